The second-order valence-electron chi connectivity index (χ2n) is 8.49. The first-order valence-electron chi connectivity index (χ1n) is 11.1. The van der Waals surface area contributed by atoms with Crippen molar-refractivity contribution in [1.82, 2.24) is 9.80 Å². The Kier molecular flexibility index (Phi) is 16.3. The lowest BCUT2D eigenvalue weighted by atomic mass is 9.77. The van der Waals surface area contributed by atoms with Gasteiger partial charge in [-0.15, -0.1) is 24.8 Å². The van der Waals surface area contributed by atoms with Crippen LogP contribution in [0.25, 0.3) is 0 Å². The van der Waals surface area contributed by atoms with Gasteiger partial charge in [0.1, 0.15) is 13.2 Å². The van der Waals surface area contributed by atoms with E-state index in [1.54, 1.807) is 0 Å². The first-order chi connectivity index (χ1) is 15.4. The van der Waals surface area contributed by atoms with E-state index in [0.717, 1.165) is 11.1 Å². The summed E-state index contributed by atoms with van der Waals surface area (Å²) in [4.78, 5) is 29.4. The first-order valence-corrected chi connectivity index (χ1v) is 11.1. The van der Waals surface area contributed by atoms with Crippen molar-refractivity contribution in [2.45, 2.75) is 24.7 Å². The van der Waals surface area contributed by atoms with Gasteiger partial charge in [0, 0.05) is 24.9 Å². The van der Waals surface area contributed by atoms with E-state index in [4.69, 9.17) is 9.47 Å². The molecule has 0 radical (unpaired) electrons. The molecule has 2 rings (SSSR count). The van der Waals surface area contributed by atoms with Gasteiger partial charge in [0.25, 0.3) is 0 Å². The van der Waals surface area contributed by atoms with Gasteiger partial charge < -0.3 is 19.3 Å². The average molecular weight is 514 g/mol. The molecule has 0 bridgehead atoms. The van der Waals surface area contributed by atoms with Crippen molar-refractivity contribution < 1.29 is 19.1 Å². The number of esters is 2. The van der Waals surface area contributed by atoms with Crippen LogP contribution in [0.15, 0.2) is 60.7 Å². The van der Waals surface area contributed by atoms with Gasteiger partial charge in [0.05, 0.1) is 12.8 Å². The van der Waals surface area contributed by atoms with Gasteiger partial charge in [-0.3, -0.25) is 9.59 Å². The number of hydrogen-bond acceptors (Lipinski definition) is 6. The zero-order chi connectivity index (χ0) is 23.3. The Balaban J connectivity index is 0.00000544. The molecule has 0 fully saturated rings. The van der Waals surface area contributed by atoms with Crippen LogP contribution in [0.1, 0.15) is 35.8 Å². The molecule has 2 aromatic carbocycles. The minimum Gasteiger partial charge on any atom is -0.464 e. The number of ether oxygens (including phenoxy) is 2. The van der Waals surface area contributed by atoms with Gasteiger partial charge >= 0.3 is 11.9 Å². The molecule has 0 aliphatic rings. The Hall–Kier alpha value is -2.12. The molecular formula is C26H38Cl2N2O4. The normalized spacial score (nSPS) is 12.3. The summed E-state index contributed by atoms with van der Waals surface area (Å²) < 4.78 is 11.0. The molecular weight excluding hydrogens is 475 g/mol. The summed E-state index contributed by atoms with van der Waals surface area (Å²) in [7, 11) is 7.75. The Morgan fingerprint density at radius 2 is 0.971 bits per heavy atom. The molecule has 34 heavy (non-hydrogen) atoms. The maximum Gasteiger partial charge on any atom is 0.306 e. The van der Waals surface area contributed by atoms with Crippen molar-refractivity contribution in [3.05, 3.63) is 71.8 Å². The van der Waals surface area contributed by atoms with Crippen LogP contribution in [0.3, 0.4) is 0 Å². The molecule has 0 N–H and O–H groups in total. The minimum absolute atomic E-state index is 0. The molecule has 0 saturated heterocycles. The summed E-state index contributed by atoms with van der Waals surface area (Å²) in [6, 6.07) is 19.7. The number of hydrogen-bond donors (Lipinski definition) is 0. The highest BCUT2D eigenvalue weighted by molar-refractivity contribution is 5.85. The Bertz CT molecular complexity index is 751. The molecule has 0 spiro atoms. The van der Waals surface area contributed by atoms with Crippen LogP contribution < -0.4 is 0 Å². The number of carbonyl (C=O) groups is 2. The first kappa shape index (κ1) is 31.9. The number of likely N-dealkylation sites (N-methyl/N-ethyl adjacent to an activating group) is 2. The van der Waals surface area contributed by atoms with Crippen molar-refractivity contribution in [2.24, 2.45) is 0 Å². The quantitative estimate of drug-likeness (QED) is 0.371. The molecule has 190 valence electrons. The standard InChI is InChI=1S/C26H36N2O4.2ClH/c1-27(2)15-17-31-25(29)19-23(21-11-7-5-8-12-21)24(22-13-9-6-10-14-22)20-26(30)32-18-16-28(3)4;;/h5-14,23-24H,15-20H2,1-4H3;2*1H. The van der Waals surface area contributed by atoms with Crippen LogP contribution in [-0.2, 0) is 19.1 Å². The highest BCUT2D eigenvalue weighted by atomic mass is 35.5. The zero-order valence-corrected chi connectivity index (χ0v) is 22.1. The van der Waals surface area contributed by atoms with Crippen molar-refractivity contribution in [3.63, 3.8) is 0 Å². The number of nitrogens with zero attached hydrogens (tertiary/aromatic N) is 2. The average Bonchev–Trinajstić information content (AvgIpc) is 2.77. The van der Waals surface area contributed by atoms with E-state index in [1.807, 2.05) is 98.7 Å². The maximum absolute atomic E-state index is 12.7. The monoisotopic (exact) mass is 512 g/mol. The predicted molar refractivity (Wildman–Crippen MR) is 141 cm³/mol. The molecule has 8 heteroatoms. The lowest BCUT2D eigenvalue weighted by Gasteiger charge is -2.27. The van der Waals surface area contributed by atoms with E-state index in [1.165, 1.54) is 0 Å². The lowest BCUT2D eigenvalue weighted by molar-refractivity contribution is -0.147. The summed E-state index contributed by atoms with van der Waals surface area (Å²) in [5.74, 6) is -0.927. The molecule has 0 aliphatic heterocycles. The lowest BCUT2D eigenvalue weighted by Crippen LogP contribution is -2.24. The van der Waals surface area contributed by atoms with Gasteiger partial charge in [-0.05, 0) is 39.3 Å². The predicted octanol–water partition coefficient (Wildman–Crippen LogP) is 4.39. The summed E-state index contributed by atoms with van der Waals surface area (Å²) in [6.45, 7) is 2.02. The molecule has 2 atom stereocenters. The summed E-state index contributed by atoms with van der Waals surface area (Å²) in [5.41, 5.74) is 2.01. The molecule has 0 heterocycles. The second-order valence-corrected chi connectivity index (χ2v) is 8.49. The molecule has 2 unspecified atom stereocenters. The Morgan fingerprint density at radius 3 is 1.26 bits per heavy atom. The topological polar surface area (TPSA) is 59.1 Å². The largest absolute Gasteiger partial charge is 0.464 e. The van der Waals surface area contributed by atoms with E-state index in [9.17, 15) is 9.59 Å². The van der Waals surface area contributed by atoms with Crippen LogP contribution in [0.4, 0.5) is 0 Å². The molecule has 6 nitrogen and oxygen atoms in total. The minimum atomic E-state index is -0.261. The van der Waals surface area contributed by atoms with Crippen molar-refractivity contribution >= 4 is 36.8 Å². The second kappa shape index (κ2) is 17.3. The van der Waals surface area contributed by atoms with Gasteiger partial charge in [0.15, 0.2) is 0 Å². The summed E-state index contributed by atoms with van der Waals surface area (Å²) >= 11 is 0. The van der Waals surface area contributed by atoms with E-state index in [2.05, 4.69) is 0 Å². The maximum atomic E-state index is 12.7. The van der Waals surface area contributed by atoms with Gasteiger partial charge in [-0.2, -0.15) is 0 Å². The van der Waals surface area contributed by atoms with Gasteiger partial charge in [-0.1, -0.05) is 60.7 Å². The summed E-state index contributed by atoms with van der Waals surface area (Å²) in [5, 5.41) is 0. The number of carbonyl (C=O) groups excluding carboxylic acids is 2. The van der Waals surface area contributed by atoms with E-state index in [0.29, 0.717) is 26.3 Å². The van der Waals surface area contributed by atoms with Crippen LogP contribution >= 0.6 is 24.8 Å². The fraction of sp³-hybridized carbons (Fsp3) is 0.462. The zero-order valence-electron chi connectivity index (χ0n) is 20.5. The van der Waals surface area contributed by atoms with Crippen molar-refractivity contribution in [2.75, 3.05) is 54.5 Å². The Morgan fingerprint density at radius 1 is 0.647 bits per heavy atom. The van der Waals surface area contributed by atoms with Crippen LogP contribution in [0.5, 0.6) is 0 Å². The smallest absolute Gasteiger partial charge is 0.306 e. The third-order valence-electron chi connectivity index (χ3n) is 5.32. The molecule has 0 aliphatic carbocycles. The number of rotatable bonds is 13. The highest BCUT2D eigenvalue weighted by Gasteiger charge is 2.30. The van der Waals surface area contributed by atoms with E-state index in [-0.39, 0.29) is 61.4 Å². The van der Waals surface area contributed by atoms with Crippen molar-refractivity contribution in [1.29, 1.82) is 0 Å². The third kappa shape index (κ3) is 11.8. The van der Waals surface area contributed by atoms with Gasteiger partial charge in [0.2, 0.25) is 0 Å². The van der Waals surface area contributed by atoms with E-state index < -0.39 is 0 Å². The molecule has 0 saturated carbocycles. The molecule has 2 aromatic rings. The molecule has 0 aromatic heterocycles. The SMILES string of the molecule is CN(C)CCOC(=O)CC(c1ccccc1)C(CC(=O)OCCN(C)C)c1ccccc1.Cl.Cl. The van der Waals surface area contributed by atoms with Gasteiger partial charge in [-0.25, -0.2) is 0 Å². The third-order valence-corrected chi connectivity index (χ3v) is 5.32. The fourth-order valence-corrected chi connectivity index (χ4v) is 3.55. The number of benzene rings is 2. The van der Waals surface area contributed by atoms with Crippen LogP contribution in [-0.4, -0.2) is 76.2 Å². The summed E-state index contributed by atoms with van der Waals surface area (Å²) in [6.07, 6.45) is 0.393. The fourth-order valence-electron chi connectivity index (χ4n) is 3.55. The van der Waals surface area contributed by atoms with E-state index >= 15 is 0 Å². The number of halogens is 2. The van der Waals surface area contributed by atoms with Crippen LogP contribution in [0, 0.1) is 0 Å². The highest BCUT2D eigenvalue weighted by Crippen LogP contribution is 2.38. The van der Waals surface area contributed by atoms with Crippen molar-refractivity contribution in [3.8, 4) is 0 Å². The van der Waals surface area contributed by atoms with Crippen LogP contribution in [0.2, 0.25) is 0 Å². The molecule has 0 amide bonds. The Labute approximate surface area is 216 Å².